The van der Waals surface area contributed by atoms with E-state index in [1.807, 2.05) is 24.3 Å². The molecule has 0 amide bonds. The third-order valence-corrected chi connectivity index (χ3v) is 4.18. The Morgan fingerprint density at radius 3 is 2.78 bits per heavy atom. The number of hydrogen-bond acceptors (Lipinski definition) is 3. The molecule has 0 saturated heterocycles. The SMILES string of the molecule is O=C1C=CC2=NC(Cc3ccc(Cl)cc3)SC2=C1. The Labute approximate surface area is 114 Å². The zero-order valence-electron chi connectivity index (χ0n) is 9.47. The minimum atomic E-state index is 0.0450. The van der Waals surface area contributed by atoms with Gasteiger partial charge in [0.2, 0.25) is 0 Å². The normalized spacial score (nSPS) is 21.6. The van der Waals surface area contributed by atoms with Crippen molar-refractivity contribution >= 4 is 34.9 Å². The van der Waals surface area contributed by atoms with Gasteiger partial charge in [-0.1, -0.05) is 35.5 Å². The lowest BCUT2D eigenvalue weighted by molar-refractivity contribution is -0.110. The van der Waals surface area contributed by atoms with Gasteiger partial charge >= 0.3 is 0 Å². The van der Waals surface area contributed by atoms with Crippen molar-refractivity contribution in [1.29, 1.82) is 0 Å². The molecule has 0 saturated carbocycles. The highest BCUT2D eigenvalue weighted by Crippen LogP contribution is 2.35. The van der Waals surface area contributed by atoms with Gasteiger partial charge in [-0.2, -0.15) is 0 Å². The topological polar surface area (TPSA) is 29.4 Å². The summed E-state index contributed by atoms with van der Waals surface area (Å²) >= 11 is 7.51. The molecule has 1 aromatic rings. The summed E-state index contributed by atoms with van der Waals surface area (Å²) in [5, 5.41) is 0.900. The van der Waals surface area contributed by atoms with Gasteiger partial charge in [-0.05, 0) is 29.8 Å². The standard InChI is InChI=1S/C14H10ClNOS/c15-10-3-1-9(2-4-10)7-14-16-12-6-5-11(17)8-13(12)18-14/h1-6,8,14H,7H2. The largest absolute Gasteiger partial charge is 0.290 e. The Morgan fingerprint density at radius 1 is 1.22 bits per heavy atom. The Balaban J connectivity index is 1.75. The number of fused-ring (bicyclic) bond motifs is 1. The van der Waals surface area contributed by atoms with Gasteiger partial charge in [-0.15, -0.1) is 0 Å². The Kier molecular flexibility index (Phi) is 3.10. The summed E-state index contributed by atoms with van der Waals surface area (Å²) in [6, 6.07) is 7.81. The highest BCUT2D eigenvalue weighted by atomic mass is 35.5. The summed E-state index contributed by atoms with van der Waals surface area (Å²) in [6.45, 7) is 0. The molecule has 0 radical (unpaired) electrons. The zero-order valence-corrected chi connectivity index (χ0v) is 11.0. The number of benzene rings is 1. The van der Waals surface area contributed by atoms with E-state index in [0.717, 1.165) is 22.1 Å². The lowest BCUT2D eigenvalue weighted by atomic mass is 10.1. The van der Waals surface area contributed by atoms with Gasteiger partial charge in [-0.25, -0.2) is 0 Å². The van der Waals surface area contributed by atoms with Crippen molar-refractivity contribution in [2.75, 3.05) is 0 Å². The molecule has 1 aliphatic carbocycles. The molecule has 3 rings (SSSR count). The first kappa shape index (κ1) is 11.8. The van der Waals surface area contributed by atoms with Crippen LogP contribution in [0.15, 0.2) is 52.4 Å². The number of carbonyl (C=O) groups is 1. The van der Waals surface area contributed by atoms with Gasteiger partial charge in [0, 0.05) is 22.4 Å². The number of nitrogens with zero attached hydrogens (tertiary/aromatic N) is 1. The van der Waals surface area contributed by atoms with E-state index in [9.17, 15) is 4.79 Å². The third kappa shape index (κ3) is 2.42. The number of allylic oxidation sites excluding steroid dienone is 4. The van der Waals surface area contributed by atoms with E-state index in [2.05, 4.69) is 4.99 Å². The van der Waals surface area contributed by atoms with Gasteiger partial charge < -0.3 is 0 Å². The fourth-order valence-corrected chi connectivity index (χ4v) is 3.22. The summed E-state index contributed by atoms with van der Waals surface area (Å²) in [5.74, 6) is 0.0450. The molecule has 4 heteroatoms. The van der Waals surface area contributed by atoms with Crippen LogP contribution in [0.2, 0.25) is 5.02 Å². The molecular weight excluding hydrogens is 266 g/mol. The van der Waals surface area contributed by atoms with Crippen LogP contribution in [0.5, 0.6) is 0 Å². The first-order chi connectivity index (χ1) is 8.70. The van der Waals surface area contributed by atoms with Crippen LogP contribution in [-0.2, 0) is 11.2 Å². The number of aliphatic imine (C=N–C) groups is 1. The monoisotopic (exact) mass is 275 g/mol. The van der Waals surface area contributed by atoms with Crippen LogP contribution >= 0.6 is 23.4 Å². The smallest absolute Gasteiger partial charge is 0.179 e. The van der Waals surface area contributed by atoms with E-state index in [1.54, 1.807) is 30.0 Å². The molecule has 0 spiro atoms. The second-order valence-electron chi connectivity index (χ2n) is 4.16. The van der Waals surface area contributed by atoms with Crippen LogP contribution in [0.25, 0.3) is 0 Å². The van der Waals surface area contributed by atoms with Crippen LogP contribution < -0.4 is 0 Å². The van der Waals surface area contributed by atoms with Crippen molar-refractivity contribution in [2.24, 2.45) is 4.99 Å². The average molecular weight is 276 g/mol. The van der Waals surface area contributed by atoms with Gasteiger partial charge in [-0.3, -0.25) is 9.79 Å². The van der Waals surface area contributed by atoms with Crippen LogP contribution in [-0.4, -0.2) is 16.9 Å². The summed E-state index contributed by atoms with van der Waals surface area (Å²) in [7, 11) is 0. The molecule has 0 fully saturated rings. The zero-order chi connectivity index (χ0) is 12.5. The molecule has 1 atom stereocenters. The maximum Gasteiger partial charge on any atom is 0.179 e. The van der Waals surface area contributed by atoms with Crippen molar-refractivity contribution in [3.63, 3.8) is 0 Å². The van der Waals surface area contributed by atoms with Crippen LogP contribution in [0.4, 0.5) is 0 Å². The molecule has 0 aromatic heterocycles. The summed E-state index contributed by atoms with van der Waals surface area (Å²) in [4.78, 5) is 16.9. The van der Waals surface area contributed by atoms with E-state index in [0.29, 0.717) is 0 Å². The van der Waals surface area contributed by atoms with Gasteiger partial charge in [0.15, 0.2) is 5.78 Å². The van der Waals surface area contributed by atoms with E-state index < -0.39 is 0 Å². The lowest BCUT2D eigenvalue weighted by Gasteiger charge is -2.06. The summed E-state index contributed by atoms with van der Waals surface area (Å²) in [5.41, 5.74) is 2.13. The molecule has 1 aliphatic heterocycles. The minimum absolute atomic E-state index is 0.0450. The van der Waals surface area contributed by atoms with E-state index in [-0.39, 0.29) is 11.2 Å². The van der Waals surface area contributed by atoms with Crippen LogP contribution in [0.1, 0.15) is 5.56 Å². The van der Waals surface area contributed by atoms with Crippen LogP contribution in [0, 0.1) is 0 Å². The Bertz CT molecular complexity index is 586. The predicted octanol–water partition coefficient (Wildman–Crippen LogP) is 3.42. The van der Waals surface area contributed by atoms with Crippen molar-refractivity contribution in [3.8, 4) is 0 Å². The third-order valence-electron chi connectivity index (χ3n) is 2.80. The summed E-state index contributed by atoms with van der Waals surface area (Å²) in [6.07, 6.45) is 5.87. The van der Waals surface area contributed by atoms with Gasteiger partial charge in [0.1, 0.15) is 5.37 Å². The minimum Gasteiger partial charge on any atom is -0.290 e. The highest BCUT2D eigenvalue weighted by Gasteiger charge is 2.24. The molecule has 0 N–H and O–H groups in total. The van der Waals surface area contributed by atoms with E-state index in [4.69, 9.17) is 11.6 Å². The maximum atomic E-state index is 11.3. The van der Waals surface area contributed by atoms with Crippen molar-refractivity contribution < 1.29 is 4.79 Å². The van der Waals surface area contributed by atoms with E-state index in [1.165, 1.54) is 5.56 Å². The van der Waals surface area contributed by atoms with Gasteiger partial charge in [0.25, 0.3) is 0 Å². The molecule has 2 nitrogen and oxygen atoms in total. The molecule has 1 aromatic carbocycles. The quantitative estimate of drug-likeness (QED) is 0.774. The molecule has 0 bridgehead atoms. The second kappa shape index (κ2) is 4.75. The second-order valence-corrected chi connectivity index (χ2v) is 5.82. The number of halogens is 1. The molecule has 1 unspecified atom stereocenters. The Hall–Kier alpha value is -1.32. The van der Waals surface area contributed by atoms with Crippen molar-refractivity contribution in [3.05, 3.63) is 58.0 Å². The first-order valence-electron chi connectivity index (χ1n) is 5.64. The van der Waals surface area contributed by atoms with Gasteiger partial charge in [0.05, 0.1) is 5.71 Å². The molecule has 2 aliphatic rings. The lowest BCUT2D eigenvalue weighted by Crippen LogP contribution is -2.01. The first-order valence-corrected chi connectivity index (χ1v) is 6.89. The fraction of sp³-hybridized carbons (Fsp3) is 0.143. The fourth-order valence-electron chi connectivity index (χ4n) is 1.93. The van der Waals surface area contributed by atoms with Crippen molar-refractivity contribution in [1.82, 2.24) is 0 Å². The molecule has 90 valence electrons. The number of rotatable bonds is 2. The average Bonchev–Trinajstić information content (AvgIpc) is 2.73. The van der Waals surface area contributed by atoms with Crippen LogP contribution in [0.3, 0.4) is 0 Å². The Morgan fingerprint density at radius 2 is 2.00 bits per heavy atom. The maximum absolute atomic E-state index is 11.3. The summed E-state index contributed by atoms with van der Waals surface area (Å²) < 4.78 is 0. The van der Waals surface area contributed by atoms with E-state index >= 15 is 0 Å². The number of hydrogen-bond donors (Lipinski definition) is 0. The number of thioether (sulfide) groups is 1. The molecule has 1 heterocycles. The number of ketones is 1. The number of carbonyl (C=O) groups excluding carboxylic acids is 1. The molecule has 18 heavy (non-hydrogen) atoms. The van der Waals surface area contributed by atoms with Crippen molar-refractivity contribution in [2.45, 2.75) is 11.8 Å². The highest BCUT2D eigenvalue weighted by molar-refractivity contribution is 8.05. The predicted molar refractivity (Wildman–Crippen MR) is 76.2 cm³/mol. The molecular formula is C14H10ClNOS.